The van der Waals surface area contributed by atoms with Crippen LogP contribution in [0.4, 0.5) is 0 Å². The van der Waals surface area contributed by atoms with E-state index < -0.39 is 23.7 Å². The molecule has 54 heavy (non-hydrogen) atoms. The Morgan fingerprint density at radius 2 is 1.76 bits per heavy atom. The van der Waals surface area contributed by atoms with Crippen LogP contribution in [0, 0.1) is 17.8 Å². The number of carbonyl (C=O) groups is 3. The third-order valence-electron chi connectivity index (χ3n) is 11.8. The summed E-state index contributed by atoms with van der Waals surface area (Å²) in [5.74, 6) is -0.861. The van der Waals surface area contributed by atoms with Crippen molar-refractivity contribution in [1.82, 2.24) is 25.4 Å². The molecule has 1 aliphatic carbocycles. The lowest BCUT2D eigenvalue weighted by Gasteiger charge is -2.41. The highest BCUT2D eigenvalue weighted by atomic mass is 32.1. The van der Waals surface area contributed by atoms with Crippen molar-refractivity contribution >= 4 is 46.3 Å². The second-order valence-electron chi connectivity index (χ2n) is 15.8. The maximum atomic E-state index is 14.3. The molecule has 2 fully saturated rings. The summed E-state index contributed by atoms with van der Waals surface area (Å²) in [7, 11) is 5.05. The lowest BCUT2D eigenvalue weighted by molar-refractivity contribution is -0.147. The summed E-state index contributed by atoms with van der Waals surface area (Å²) in [5.41, 5.74) is 6.71. The van der Waals surface area contributed by atoms with Crippen LogP contribution in [-0.2, 0) is 30.3 Å². The molecule has 4 N–H and O–H groups in total. The van der Waals surface area contributed by atoms with E-state index in [2.05, 4.69) is 48.5 Å². The number of aromatic nitrogens is 1. The van der Waals surface area contributed by atoms with Crippen LogP contribution in [0.1, 0.15) is 103 Å². The van der Waals surface area contributed by atoms with Crippen molar-refractivity contribution in [2.24, 2.45) is 23.5 Å². The van der Waals surface area contributed by atoms with E-state index in [1.807, 2.05) is 48.5 Å². The predicted octanol–water partition coefficient (Wildman–Crippen LogP) is 5.68. The highest BCUT2D eigenvalue weighted by molar-refractivity contribution is 7.80. The van der Waals surface area contributed by atoms with Gasteiger partial charge in [0.15, 0.2) is 0 Å². The van der Waals surface area contributed by atoms with E-state index in [1.54, 1.807) is 37.5 Å². The van der Waals surface area contributed by atoms with E-state index in [1.165, 1.54) is 5.56 Å². The van der Waals surface area contributed by atoms with Gasteiger partial charge in [0.25, 0.3) is 0 Å². The average Bonchev–Trinajstić information content (AvgIpc) is 3.97. The molecule has 2 heterocycles. The number of rotatable bonds is 19. The molecule has 3 amide bonds. The third-order valence-corrected chi connectivity index (χ3v) is 13.2. The van der Waals surface area contributed by atoms with Gasteiger partial charge in [0.05, 0.1) is 47.3 Å². The van der Waals surface area contributed by atoms with E-state index in [9.17, 15) is 14.4 Å². The first-order chi connectivity index (χ1) is 25.8. The van der Waals surface area contributed by atoms with Crippen LogP contribution in [0.3, 0.4) is 0 Å². The second-order valence-corrected chi connectivity index (χ2v) is 17.1. The zero-order valence-corrected chi connectivity index (χ0v) is 35.2. The maximum absolute atomic E-state index is 14.3. The molecule has 0 radical (unpaired) electrons. The first-order valence-electron chi connectivity index (χ1n) is 19.7. The van der Waals surface area contributed by atoms with Crippen LogP contribution >= 0.6 is 23.6 Å². The lowest BCUT2D eigenvalue weighted by Crippen LogP contribution is -2.61. The number of thiazole rings is 1. The van der Waals surface area contributed by atoms with Crippen molar-refractivity contribution in [1.29, 1.82) is 0 Å². The lowest BCUT2D eigenvalue weighted by atomic mass is 9.89. The quantitative estimate of drug-likeness (QED) is 0.154. The Labute approximate surface area is 332 Å². The average molecular weight is 785 g/mol. The molecule has 1 aromatic heterocycles. The van der Waals surface area contributed by atoms with Crippen molar-refractivity contribution < 1.29 is 23.9 Å². The van der Waals surface area contributed by atoms with Crippen molar-refractivity contribution in [2.45, 2.75) is 134 Å². The van der Waals surface area contributed by atoms with Crippen molar-refractivity contribution in [3.63, 3.8) is 0 Å². The number of thiocarbonyl (C=S) groups is 1. The van der Waals surface area contributed by atoms with Gasteiger partial charge in [0, 0.05) is 45.3 Å². The van der Waals surface area contributed by atoms with Gasteiger partial charge in [-0.2, -0.15) is 0 Å². The fourth-order valence-electron chi connectivity index (χ4n) is 8.32. The first kappa shape index (κ1) is 43.8. The number of nitrogens with one attached hydrogen (secondary N) is 2. The molecular weight excluding hydrogens is 721 g/mol. The summed E-state index contributed by atoms with van der Waals surface area (Å²) in [5, 5.41) is 9.54. The molecule has 4 rings (SSSR count). The maximum Gasteiger partial charge on any atom is 0.245 e. The van der Waals surface area contributed by atoms with Gasteiger partial charge in [-0.3, -0.25) is 14.4 Å². The van der Waals surface area contributed by atoms with Crippen LogP contribution in [-0.4, -0.2) is 101 Å². The Hall–Kier alpha value is -2.97. The molecule has 1 saturated heterocycles. The SMILES string of the molecule is CC[C@H](C)[C@@H]([C@@H](CC(=O)N1CCC[C@H]1[C@H](OC)[C@@H](C)C(=S)N[C@@H](Cc1ccccc1)c1nccs1)OC)N(C)C(=O)[C@@H](NC(=O)C1(N)CCCC1)C(C)C. The molecule has 8 atom stereocenters. The number of ether oxygens (including phenoxy) is 2. The van der Waals surface area contributed by atoms with Crippen LogP contribution < -0.4 is 16.4 Å². The minimum Gasteiger partial charge on any atom is -0.379 e. The fraction of sp³-hybridized carbons (Fsp3) is 0.683. The summed E-state index contributed by atoms with van der Waals surface area (Å²) in [6.07, 6.45) is 7.18. The zero-order valence-electron chi connectivity index (χ0n) is 33.6. The van der Waals surface area contributed by atoms with Crippen LogP contribution in [0.25, 0.3) is 0 Å². The Morgan fingerprint density at radius 3 is 2.33 bits per heavy atom. The highest BCUT2D eigenvalue weighted by Gasteiger charge is 2.44. The summed E-state index contributed by atoms with van der Waals surface area (Å²) < 4.78 is 12.2. The van der Waals surface area contributed by atoms with E-state index in [4.69, 9.17) is 27.4 Å². The molecular formula is C41H64N6O5S2. The van der Waals surface area contributed by atoms with Gasteiger partial charge in [0.2, 0.25) is 17.7 Å². The molecule has 1 saturated carbocycles. The smallest absolute Gasteiger partial charge is 0.245 e. The summed E-state index contributed by atoms with van der Waals surface area (Å²) >= 11 is 7.64. The number of nitrogens with two attached hydrogens (primary N) is 1. The summed E-state index contributed by atoms with van der Waals surface area (Å²) in [6.45, 7) is 10.7. The minimum absolute atomic E-state index is 0.0159. The van der Waals surface area contributed by atoms with Gasteiger partial charge in [-0.25, -0.2) is 4.98 Å². The van der Waals surface area contributed by atoms with Crippen LogP contribution in [0.15, 0.2) is 41.9 Å². The van der Waals surface area contributed by atoms with Gasteiger partial charge < -0.3 is 35.6 Å². The number of nitrogens with zero attached hydrogens (tertiary/aromatic N) is 3. The molecule has 0 bridgehead atoms. The fourth-order valence-corrected chi connectivity index (χ4v) is 9.28. The molecule has 13 heteroatoms. The van der Waals surface area contributed by atoms with Gasteiger partial charge in [-0.05, 0) is 49.5 Å². The second kappa shape index (κ2) is 20.3. The Morgan fingerprint density at radius 1 is 1.07 bits per heavy atom. The van der Waals surface area contributed by atoms with E-state index in [0.717, 1.165) is 43.5 Å². The van der Waals surface area contributed by atoms with Gasteiger partial charge in [-0.15, -0.1) is 11.3 Å². The Kier molecular flexibility index (Phi) is 16.4. The molecule has 0 spiro atoms. The molecule has 2 aliphatic rings. The summed E-state index contributed by atoms with van der Waals surface area (Å²) in [4.78, 5) is 50.7. The third kappa shape index (κ3) is 10.7. The Bertz CT molecular complexity index is 1500. The van der Waals surface area contributed by atoms with Gasteiger partial charge in [-0.1, -0.05) is 96.4 Å². The molecule has 11 nitrogen and oxygen atoms in total. The standard InChI is InChI=1S/C41H64N6O5S2/c1-9-27(4)35(46(6)39(49)34(26(2)3)45-40(50)41(42)19-13-14-20-41)32(51-7)25-33(48)47-22-15-18-31(47)36(52-8)28(5)37(53)44-30(38-43-21-23-54-38)24-29-16-11-10-12-17-29/h10-12,16-17,21,23,26-28,30-32,34-36H,9,13-15,18-20,22,24-25,42H2,1-8H3,(H,44,53)(H,45,50)/t27-,28+,30-,31-,32+,34-,35-,36+/m0/s1. The zero-order chi connectivity index (χ0) is 39.6. The van der Waals surface area contributed by atoms with Gasteiger partial charge in [0.1, 0.15) is 11.0 Å². The number of methoxy groups -OCH3 is 2. The van der Waals surface area contributed by atoms with Crippen LogP contribution in [0.5, 0.6) is 0 Å². The number of likely N-dealkylation sites (tertiary alicyclic amines) is 1. The molecule has 1 aliphatic heterocycles. The van der Waals surface area contributed by atoms with Gasteiger partial charge >= 0.3 is 0 Å². The minimum atomic E-state index is -0.946. The number of amides is 3. The largest absolute Gasteiger partial charge is 0.379 e. The number of benzene rings is 1. The number of hydrogen-bond acceptors (Lipinski definition) is 9. The van der Waals surface area contributed by atoms with Crippen molar-refractivity contribution in [3.8, 4) is 0 Å². The van der Waals surface area contributed by atoms with E-state index in [0.29, 0.717) is 24.4 Å². The van der Waals surface area contributed by atoms with Crippen molar-refractivity contribution in [3.05, 3.63) is 52.5 Å². The number of likely N-dealkylation sites (N-methyl/N-ethyl adjacent to an activating group) is 1. The first-order valence-corrected chi connectivity index (χ1v) is 21.0. The topological polar surface area (TPSA) is 139 Å². The normalized spacial score (nSPS) is 20.8. The summed E-state index contributed by atoms with van der Waals surface area (Å²) in [6, 6.07) is 8.86. The van der Waals surface area contributed by atoms with E-state index >= 15 is 0 Å². The predicted molar refractivity (Wildman–Crippen MR) is 219 cm³/mol. The Balaban J connectivity index is 1.47. The van der Waals surface area contributed by atoms with E-state index in [-0.39, 0.29) is 60.1 Å². The molecule has 300 valence electrons. The molecule has 2 aromatic rings. The highest BCUT2D eigenvalue weighted by Crippen LogP contribution is 2.31. The molecule has 0 unspecified atom stereocenters. The number of hydrogen-bond donors (Lipinski definition) is 3. The monoisotopic (exact) mass is 784 g/mol. The van der Waals surface area contributed by atoms with Crippen LogP contribution in [0.2, 0.25) is 0 Å². The number of carbonyl (C=O) groups excluding carboxylic acids is 3. The van der Waals surface area contributed by atoms with Crippen molar-refractivity contribution in [2.75, 3.05) is 27.8 Å². The molecule has 1 aromatic carbocycles.